The molecule has 0 fully saturated rings. The van der Waals surface area contributed by atoms with E-state index in [0.717, 1.165) is 23.8 Å². The van der Waals surface area contributed by atoms with Crippen molar-refractivity contribution in [1.29, 1.82) is 0 Å². The van der Waals surface area contributed by atoms with Crippen LogP contribution < -0.4 is 15.4 Å². The maximum atomic E-state index is 13.6. The lowest BCUT2D eigenvalue weighted by Crippen LogP contribution is -2.32. The number of carbonyl (C=O) groups is 1. The number of hydrogen-bond donors (Lipinski definition) is 2. The van der Waals surface area contributed by atoms with Crippen molar-refractivity contribution >= 4 is 17.3 Å². The Labute approximate surface area is 133 Å². The molecule has 0 saturated carbocycles. The number of methoxy groups -OCH3 is 1. The zero-order valence-corrected chi connectivity index (χ0v) is 13.1. The molecule has 2 aromatic carbocycles. The van der Waals surface area contributed by atoms with Crippen LogP contribution in [0.15, 0.2) is 36.4 Å². The van der Waals surface area contributed by atoms with Gasteiger partial charge in [0.25, 0.3) is 0 Å². The minimum absolute atomic E-state index is 0.195. The Balaban J connectivity index is 2.11. The molecule has 0 aliphatic rings. The van der Waals surface area contributed by atoms with Crippen LogP contribution in [0.4, 0.5) is 20.2 Å². The molecule has 122 valence electrons. The van der Waals surface area contributed by atoms with E-state index >= 15 is 0 Å². The molecule has 0 radical (unpaired) electrons. The van der Waals surface area contributed by atoms with E-state index in [1.165, 1.54) is 7.11 Å². The average Bonchev–Trinajstić information content (AvgIpc) is 2.51. The first-order valence-corrected chi connectivity index (χ1v) is 7.08. The summed E-state index contributed by atoms with van der Waals surface area (Å²) in [5, 5.41) is 5.37. The summed E-state index contributed by atoms with van der Waals surface area (Å²) >= 11 is 0. The zero-order valence-electron chi connectivity index (χ0n) is 13.1. The Morgan fingerprint density at radius 2 is 1.87 bits per heavy atom. The molecular formula is C17H18F2N2O2. The lowest BCUT2D eigenvalue weighted by atomic mass is 10.2. The fourth-order valence-electron chi connectivity index (χ4n) is 2.07. The number of carbonyl (C=O) groups excluding carboxylic acids is 1. The molecule has 1 atom stereocenters. The second kappa shape index (κ2) is 7.09. The third-order valence-electron chi connectivity index (χ3n) is 3.31. The third-order valence-corrected chi connectivity index (χ3v) is 3.31. The first kappa shape index (κ1) is 16.7. The smallest absolute Gasteiger partial charge is 0.246 e. The maximum Gasteiger partial charge on any atom is 0.246 e. The largest absolute Gasteiger partial charge is 0.495 e. The molecule has 2 rings (SSSR count). The number of benzene rings is 2. The van der Waals surface area contributed by atoms with E-state index in [4.69, 9.17) is 4.74 Å². The summed E-state index contributed by atoms with van der Waals surface area (Å²) in [7, 11) is 1.53. The first-order valence-electron chi connectivity index (χ1n) is 7.08. The Bertz CT molecular complexity index is 720. The van der Waals surface area contributed by atoms with Crippen LogP contribution in [0, 0.1) is 18.6 Å². The molecule has 4 nitrogen and oxygen atoms in total. The van der Waals surface area contributed by atoms with Gasteiger partial charge in [0.15, 0.2) is 0 Å². The van der Waals surface area contributed by atoms with E-state index in [2.05, 4.69) is 10.6 Å². The zero-order chi connectivity index (χ0) is 17.0. The number of aryl methyl sites for hydroxylation is 1. The highest BCUT2D eigenvalue weighted by atomic mass is 19.1. The van der Waals surface area contributed by atoms with Crippen LogP contribution in [0.3, 0.4) is 0 Å². The molecule has 0 saturated heterocycles. The summed E-state index contributed by atoms with van der Waals surface area (Å²) in [4.78, 5) is 12.2. The van der Waals surface area contributed by atoms with Crippen molar-refractivity contribution in [3.63, 3.8) is 0 Å². The number of hydrogen-bond acceptors (Lipinski definition) is 3. The van der Waals surface area contributed by atoms with Crippen molar-refractivity contribution in [2.24, 2.45) is 0 Å². The second-order valence-corrected chi connectivity index (χ2v) is 5.18. The average molecular weight is 320 g/mol. The van der Waals surface area contributed by atoms with E-state index in [-0.39, 0.29) is 5.69 Å². The highest BCUT2D eigenvalue weighted by molar-refractivity contribution is 5.96. The molecule has 2 aromatic rings. The van der Waals surface area contributed by atoms with Gasteiger partial charge in [0, 0.05) is 6.07 Å². The number of anilines is 2. The number of ether oxygens (including phenoxy) is 1. The monoisotopic (exact) mass is 320 g/mol. The van der Waals surface area contributed by atoms with Crippen LogP contribution in [-0.4, -0.2) is 19.1 Å². The lowest BCUT2D eigenvalue weighted by Gasteiger charge is -2.18. The molecule has 0 aliphatic carbocycles. The van der Waals surface area contributed by atoms with Gasteiger partial charge in [-0.1, -0.05) is 6.07 Å². The predicted octanol–water partition coefficient (Wildman–Crippen LogP) is 3.72. The number of halogens is 2. The van der Waals surface area contributed by atoms with Gasteiger partial charge in [-0.2, -0.15) is 0 Å². The molecule has 23 heavy (non-hydrogen) atoms. The Morgan fingerprint density at radius 3 is 2.57 bits per heavy atom. The number of rotatable bonds is 5. The highest BCUT2D eigenvalue weighted by Gasteiger charge is 2.17. The summed E-state index contributed by atoms with van der Waals surface area (Å²) in [5.41, 5.74) is 1.45. The predicted molar refractivity (Wildman–Crippen MR) is 85.8 cm³/mol. The fraction of sp³-hybridized carbons (Fsp3) is 0.235. The quantitative estimate of drug-likeness (QED) is 0.883. The first-order chi connectivity index (χ1) is 10.9. The van der Waals surface area contributed by atoms with Crippen LogP contribution in [0.1, 0.15) is 12.5 Å². The molecule has 2 N–H and O–H groups in total. The van der Waals surface area contributed by atoms with Crippen molar-refractivity contribution in [3.05, 3.63) is 53.6 Å². The molecule has 0 bridgehead atoms. The third kappa shape index (κ3) is 4.18. The second-order valence-electron chi connectivity index (χ2n) is 5.18. The van der Waals surface area contributed by atoms with Gasteiger partial charge in [0.2, 0.25) is 5.91 Å². The van der Waals surface area contributed by atoms with Crippen molar-refractivity contribution in [2.45, 2.75) is 19.9 Å². The summed E-state index contributed by atoms with van der Waals surface area (Å²) in [6.07, 6.45) is 0. The molecule has 0 aliphatic heterocycles. The Kier molecular flexibility index (Phi) is 5.16. The van der Waals surface area contributed by atoms with Crippen LogP contribution in [0.5, 0.6) is 5.75 Å². The van der Waals surface area contributed by atoms with Crippen molar-refractivity contribution in [2.75, 3.05) is 17.7 Å². The van der Waals surface area contributed by atoms with Gasteiger partial charge in [-0.15, -0.1) is 0 Å². The number of nitrogens with one attached hydrogen (secondary N) is 2. The van der Waals surface area contributed by atoms with Gasteiger partial charge in [0.1, 0.15) is 23.4 Å². The van der Waals surface area contributed by atoms with Gasteiger partial charge in [0.05, 0.1) is 18.5 Å². The summed E-state index contributed by atoms with van der Waals surface area (Å²) in [6, 6.07) is 7.73. The van der Waals surface area contributed by atoms with E-state index in [1.807, 2.05) is 19.1 Å². The minimum atomic E-state index is -0.694. The van der Waals surface area contributed by atoms with Gasteiger partial charge < -0.3 is 15.4 Å². The molecule has 1 amide bonds. The lowest BCUT2D eigenvalue weighted by molar-refractivity contribution is -0.116. The van der Waals surface area contributed by atoms with Gasteiger partial charge in [-0.3, -0.25) is 4.79 Å². The Morgan fingerprint density at radius 1 is 1.13 bits per heavy atom. The fourth-order valence-corrected chi connectivity index (χ4v) is 2.07. The topological polar surface area (TPSA) is 50.4 Å². The van der Waals surface area contributed by atoms with E-state index in [0.29, 0.717) is 11.4 Å². The molecule has 6 heteroatoms. The van der Waals surface area contributed by atoms with E-state index in [1.54, 1.807) is 13.0 Å². The molecule has 0 aromatic heterocycles. The maximum absolute atomic E-state index is 13.6. The normalized spacial score (nSPS) is 11.7. The standard InChI is InChI=1S/C17H18F2N2O2/c1-10-4-7-16(23-3)15(8-10)20-11(2)17(22)21-14-9-12(18)5-6-13(14)19/h4-9,11,20H,1-3H3,(H,21,22). The molecule has 0 heterocycles. The number of amides is 1. The minimum Gasteiger partial charge on any atom is -0.495 e. The van der Waals surface area contributed by atoms with Gasteiger partial charge >= 0.3 is 0 Å². The molecular weight excluding hydrogens is 302 g/mol. The van der Waals surface area contributed by atoms with Crippen LogP contribution in [0.25, 0.3) is 0 Å². The van der Waals surface area contributed by atoms with Crippen LogP contribution in [-0.2, 0) is 4.79 Å². The van der Waals surface area contributed by atoms with Crippen LogP contribution >= 0.6 is 0 Å². The summed E-state index contributed by atoms with van der Waals surface area (Å²) in [5.74, 6) is -1.21. The highest BCUT2D eigenvalue weighted by Crippen LogP contribution is 2.26. The van der Waals surface area contributed by atoms with E-state index in [9.17, 15) is 13.6 Å². The van der Waals surface area contributed by atoms with Gasteiger partial charge in [-0.05, 0) is 43.7 Å². The molecule has 1 unspecified atom stereocenters. The van der Waals surface area contributed by atoms with Crippen molar-refractivity contribution < 1.29 is 18.3 Å². The molecule has 0 spiro atoms. The SMILES string of the molecule is COc1ccc(C)cc1NC(C)C(=O)Nc1cc(F)ccc1F. The van der Waals surface area contributed by atoms with Crippen LogP contribution in [0.2, 0.25) is 0 Å². The van der Waals surface area contributed by atoms with Crippen molar-refractivity contribution in [1.82, 2.24) is 0 Å². The Hall–Kier alpha value is -2.63. The van der Waals surface area contributed by atoms with E-state index < -0.39 is 23.6 Å². The summed E-state index contributed by atoms with van der Waals surface area (Å²) in [6.45, 7) is 3.53. The summed E-state index contributed by atoms with van der Waals surface area (Å²) < 4.78 is 31.9. The van der Waals surface area contributed by atoms with Crippen molar-refractivity contribution in [3.8, 4) is 5.75 Å². The van der Waals surface area contributed by atoms with Gasteiger partial charge in [-0.25, -0.2) is 8.78 Å².